The molecule has 3 aromatic rings. The number of hydrogen-bond donors (Lipinski definition) is 0. The van der Waals surface area contributed by atoms with Crippen LogP contribution in [0.2, 0.25) is 0 Å². The first kappa shape index (κ1) is 20.9. The van der Waals surface area contributed by atoms with Crippen molar-refractivity contribution in [1.29, 1.82) is 0 Å². The molecule has 1 unspecified atom stereocenters. The Bertz CT molecular complexity index is 1070. The number of fused-ring (bicyclic) bond motifs is 1. The molecule has 0 N–H and O–H groups in total. The van der Waals surface area contributed by atoms with Gasteiger partial charge in [-0.05, 0) is 36.6 Å². The smallest absolute Gasteiger partial charge is 0.268 e. The fourth-order valence-electron chi connectivity index (χ4n) is 3.62. The molecule has 0 aliphatic carbocycles. The molecular weight excluding hydrogens is 412 g/mol. The second kappa shape index (κ2) is 9.22. The Morgan fingerprint density at radius 1 is 1.10 bits per heavy atom. The Kier molecular flexibility index (Phi) is 6.23. The van der Waals surface area contributed by atoms with Crippen LogP contribution >= 0.6 is 11.3 Å². The molecule has 1 aliphatic rings. The van der Waals surface area contributed by atoms with Gasteiger partial charge in [0.2, 0.25) is 5.91 Å². The van der Waals surface area contributed by atoms with Crippen LogP contribution in [0.5, 0.6) is 11.5 Å². The molecule has 7 heteroatoms. The second-order valence-corrected chi connectivity index (χ2v) is 8.33. The minimum absolute atomic E-state index is 0.0515. The van der Waals surface area contributed by atoms with Gasteiger partial charge in [-0.15, -0.1) is 11.3 Å². The van der Waals surface area contributed by atoms with Crippen LogP contribution in [0.1, 0.15) is 17.4 Å². The predicted octanol–water partition coefficient (Wildman–Crippen LogP) is 4.10. The topological polar surface area (TPSA) is 59.1 Å². The molecule has 0 spiro atoms. The summed E-state index contributed by atoms with van der Waals surface area (Å²) >= 11 is 1.60. The number of para-hydroxylation sites is 3. The van der Waals surface area contributed by atoms with E-state index in [9.17, 15) is 9.59 Å². The zero-order valence-electron chi connectivity index (χ0n) is 17.5. The zero-order valence-corrected chi connectivity index (χ0v) is 18.3. The van der Waals surface area contributed by atoms with Gasteiger partial charge in [-0.2, -0.15) is 0 Å². The molecule has 31 heavy (non-hydrogen) atoms. The summed E-state index contributed by atoms with van der Waals surface area (Å²) in [5.41, 5.74) is 1.53. The van der Waals surface area contributed by atoms with Gasteiger partial charge in [-0.25, -0.2) is 0 Å². The van der Waals surface area contributed by atoms with E-state index in [0.717, 1.165) is 16.2 Å². The highest BCUT2D eigenvalue weighted by atomic mass is 32.1. The highest BCUT2D eigenvalue weighted by molar-refractivity contribution is 7.09. The first-order valence-electron chi connectivity index (χ1n) is 10.1. The Hall–Kier alpha value is -3.32. The number of nitrogens with zero attached hydrogens (tertiary/aromatic N) is 2. The first-order chi connectivity index (χ1) is 15.1. The number of benzene rings is 2. The van der Waals surface area contributed by atoms with Crippen molar-refractivity contribution < 1.29 is 19.1 Å². The highest BCUT2D eigenvalue weighted by Crippen LogP contribution is 2.33. The summed E-state index contributed by atoms with van der Waals surface area (Å²) in [5.74, 6) is 0.974. The van der Waals surface area contributed by atoms with Crippen LogP contribution in [-0.4, -0.2) is 36.5 Å². The number of thiophene rings is 1. The maximum absolute atomic E-state index is 13.5. The van der Waals surface area contributed by atoms with Crippen LogP contribution in [0.25, 0.3) is 0 Å². The van der Waals surface area contributed by atoms with Gasteiger partial charge >= 0.3 is 0 Å². The third-order valence-electron chi connectivity index (χ3n) is 5.20. The predicted molar refractivity (Wildman–Crippen MR) is 120 cm³/mol. The van der Waals surface area contributed by atoms with Crippen molar-refractivity contribution in [2.45, 2.75) is 26.1 Å². The van der Waals surface area contributed by atoms with Crippen LogP contribution < -0.4 is 14.4 Å². The van der Waals surface area contributed by atoms with Crippen LogP contribution in [0.3, 0.4) is 0 Å². The average molecular weight is 437 g/mol. The van der Waals surface area contributed by atoms with Gasteiger partial charge in [0.25, 0.3) is 5.91 Å². The standard InChI is InChI=1S/C24H24N2O4S/c1-17-24(28)26(20-10-4-6-12-22(20)30-17)16-23(27)25(15-19-9-7-13-31-19)14-18-8-3-5-11-21(18)29-2/h3-13,17H,14-16H2,1-2H3. The summed E-state index contributed by atoms with van der Waals surface area (Å²) in [6.45, 7) is 2.50. The van der Waals surface area contributed by atoms with Crippen molar-refractivity contribution in [2.75, 3.05) is 18.6 Å². The number of methoxy groups -OCH3 is 1. The molecule has 2 heterocycles. The quantitative estimate of drug-likeness (QED) is 0.560. The van der Waals surface area contributed by atoms with Gasteiger partial charge in [0.15, 0.2) is 6.10 Å². The molecule has 2 amide bonds. The van der Waals surface area contributed by atoms with E-state index in [2.05, 4.69) is 0 Å². The van der Waals surface area contributed by atoms with E-state index in [1.54, 1.807) is 36.3 Å². The number of hydrogen-bond acceptors (Lipinski definition) is 5. The van der Waals surface area contributed by atoms with Crippen molar-refractivity contribution in [1.82, 2.24) is 4.90 Å². The normalized spacial score (nSPS) is 15.2. The molecule has 1 aliphatic heterocycles. The van der Waals surface area contributed by atoms with Gasteiger partial charge in [0, 0.05) is 17.0 Å². The molecule has 0 saturated heterocycles. The lowest BCUT2D eigenvalue weighted by atomic mass is 10.1. The molecule has 0 saturated carbocycles. The van der Waals surface area contributed by atoms with Crippen molar-refractivity contribution in [3.8, 4) is 11.5 Å². The number of carbonyl (C=O) groups excluding carboxylic acids is 2. The first-order valence-corrected chi connectivity index (χ1v) is 10.9. The van der Waals surface area contributed by atoms with Crippen LogP contribution in [-0.2, 0) is 22.7 Å². The lowest BCUT2D eigenvalue weighted by Gasteiger charge is -2.34. The van der Waals surface area contributed by atoms with E-state index in [1.165, 1.54) is 4.90 Å². The number of amides is 2. The van der Waals surface area contributed by atoms with Crippen molar-refractivity contribution >= 4 is 28.8 Å². The molecule has 0 radical (unpaired) electrons. The maximum Gasteiger partial charge on any atom is 0.268 e. The fraction of sp³-hybridized carbons (Fsp3) is 0.250. The maximum atomic E-state index is 13.5. The summed E-state index contributed by atoms with van der Waals surface area (Å²) in [6.07, 6.45) is -0.636. The minimum atomic E-state index is -0.636. The van der Waals surface area contributed by atoms with Gasteiger partial charge < -0.3 is 14.4 Å². The molecule has 6 nitrogen and oxygen atoms in total. The lowest BCUT2D eigenvalue weighted by molar-refractivity contribution is -0.134. The van der Waals surface area contributed by atoms with Crippen molar-refractivity contribution in [3.05, 3.63) is 76.5 Å². The Morgan fingerprint density at radius 2 is 1.87 bits per heavy atom. The summed E-state index contributed by atoms with van der Waals surface area (Å²) in [4.78, 5) is 30.7. The van der Waals surface area contributed by atoms with Crippen molar-refractivity contribution in [3.63, 3.8) is 0 Å². The van der Waals surface area contributed by atoms with Gasteiger partial charge in [-0.1, -0.05) is 36.4 Å². The molecule has 0 bridgehead atoms. The van der Waals surface area contributed by atoms with E-state index in [1.807, 2.05) is 60.0 Å². The second-order valence-electron chi connectivity index (χ2n) is 7.29. The minimum Gasteiger partial charge on any atom is -0.496 e. The largest absolute Gasteiger partial charge is 0.496 e. The van der Waals surface area contributed by atoms with Crippen LogP contribution in [0.15, 0.2) is 66.0 Å². The van der Waals surface area contributed by atoms with E-state index in [4.69, 9.17) is 9.47 Å². The van der Waals surface area contributed by atoms with Crippen LogP contribution in [0, 0.1) is 0 Å². The Morgan fingerprint density at radius 3 is 2.65 bits per heavy atom. The van der Waals surface area contributed by atoms with Gasteiger partial charge in [0.05, 0.1) is 19.3 Å². The summed E-state index contributed by atoms with van der Waals surface area (Å²) in [7, 11) is 1.62. The highest BCUT2D eigenvalue weighted by Gasteiger charge is 2.33. The third-order valence-corrected chi connectivity index (χ3v) is 6.06. The monoisotopic (exact) mass is 436 g/mol. The molecule has 1 aromatic heterocycles. The molecule has 4 rings (SSSR count). The van der Waals surface area contributed by atoms with Crippen LogP contribution in [0.4, 0.5) is 5.69 Å². The molecule has 0 fully saturated rings. The number of anilines is 1. The fourth-order valence-corrected chi connectivity index (χ4v) is 4.34. The van der Waals surface area contributed by atoms with Crippen molar-refractivity contribution in [2.24, 2.45) is 0 Å². The number of rotatable bonds is 7. The van der Waals surface area contributed by atoms with Gasteiger partial charge in [0.1, 0.15) is 18.0 Å². The lowest BCUT2D eigenvalue weighted by Crippen LogP contribution is -2.49. The Balaban J connectivity index is 1.60. The molecular formula is C24H24N2O4S. The van der Waals surface area contributed by atoms with E-state index in [-0.39, 0.29) is 18.4 Å². The summed E-state index contributed by atoms with van der Waals surface area (Å²) < 4.78 is 11.2. The SMILES string of the molecule is COc1ccccc1CN(Cc1cccs1)C(=O)CN1C(=O)C(C)Oc2ccccc21. The summed E-state index contributed by atoms with van der Waals surface area (Å²) in [5, 5.41) is 1.99. The Labute approximate surface area is 185 Å². The average Bonchev–Trinajstić information content (AvgIpc) is 3.30. The number of ether oxygens (including phenoxy) is 2. The van der Waals surface area contributed by atoms with Gasteiger partial charge in [-0.3, -0.25) is 14.5 Å². The van der Waals surface area contributed by atoms with E-state index in [0.29, 0.717) is 24.5 Å². The molecule has 2 aromatic carbocycles. The molecule has 1 atom stereocenters. The number of carbonyl (C=O) groups is 2. The van der Waals surface area contributed by atoms with E-state index >= 15 is 0 Å². The zero-order chi connectivity index (χ0) is 21.8. The van der Waals surface area contributed by atoms with E-state index < -0.39 is 6.10 Å². The summed E-state index contributed by atoms with van der Waals surface area (Å²) in [6, 6.07) is 18.9. The molecule has 160 valence electrons. The third kappa shape index (κ3) is 4.56.